The zero-order chi connectivity index (χ0) is 16.2. The first-order chi connectivity index (χ1) is 10.4. The van der Waals surface area contributed by atoms with E-state index >= 15 is 0 Å². The summed E-state index contributed by atoms with van der Waals surface area (Å²) in [5.74, 6) is -0.130. The highest BCUT2D eigenvalue weighted by Crippen LogP contribution is 2.17. The third-order valence-electron chi connectivity index (χ3n) is 3.25. The molecule has 2 aromatic carbocycles. The van der Waals surface area contributed by atoms with Gasteiger partial charge in [-0.3, -0.25) is 4.79 Å². The van der Waals surface area contributed by atoms with Crippen molar-refractivity contribution in [3.05, 3.63) is 65.7 Å². The largest absolute Gasteiger partial charge is 0.394 e. The summed E-state index contributed by atoms with van der Waals surface area (Å²) in [5, 5.41) is 9.43. The number of aliphatic hydroxyl groups excluding tert-OH is 1. The number of Topliss-reactive ketones (excluding diaryl/α,β-unsaturated/α-hetero) is 1. The number of benzene rings is 2. The zero-order valence-corrected chi connectivity index (χ0v) is 12.9. The van der Waals surface area contributed by atoms with Gasteiger partial charge in [0.1, 0.15) is 0 Å². The van der Waals surface area contributed by atoms with Gasteiger partial charge in [0.25, 0.3) is 0 Å². The van der Waals surface area contributed by atoms with Crippen LogP contribution in [0, 0.1) is 0 Å². The highest BCUT2D eigenvalue weighted by atomic mass is 32.2. The molecule has 0 aliphatic heterocycles. The summed E-state index contributed by atoms with van der Waals surface area (Å²) in [6.07, 6.45) is 0. The number of aliphatic hydroxyl groups is 1. The maximum Gasteiger partial charge on any atom is 0.241 e. The Morgan fingerprint density at radius 2 is 1.68 bits per heavy atom. The van der Waals surface area contributed by atoms with E-state index in [1.165, 1.54) is 31.2 Å². The monoisotopic (exact) mass is 319 g/mol. The lowest BCUT2D eigenvalue weighted by Gasteiger charge is -2.17. The summed E-state index contributed by atoms with van der Waals surface area (Å²) in [7, 11) is -3.78. The van der Waals surface area contributed by atoms with Gasteiger partial charge in [0, 0.05) is 5.56 Å². The molecule has 0 aliphatic carbocycles. The third kappa shape index (κ3) is 3.79. The SMILES string of the molecule is CC(=O)c1ccc(S(=O)(=O)N[C@@H](CO)c2ccccc2)cc1. The molecule has 0 bridgehead atoms. The van der Waals surface area contributed by atoms with E-state index in [4.69, 9.17) is 0 Å². The molecule has 0 amide bonds. The van der Waals surface area contributed by atoms with Gasteiger partial charge in [-0.05, 0) is 24.6 Å². The number of carbonyl (C=O) groups is 1. The summed E-state index contributed by atoms with van der Waals surface area (Å²) < 4.78 is 27.2. The standard InChI is InChI=1S/C16H17NO4S/c1-12(19)13-7-9-15(10-8-13)22(20,21)17-16(11-18)14-5-3-2-4-6-14/h2-10,16-18H,11H2,1H3/t16-/m0/s1. The summed E-state index contributed by atoms with van der Waals surface area (Å²) in [5.41, 5.74) is 1.12. The van der Waals surface area contributed by atoms with E-state index in [1.54, 1.807) is 24.3 Å². The molecular weight excluding hydrogens is 302 g/mol. The molecule has 2 rings (SSSR count). The van der Waals surface area contributed by atoms with Gasteiger partial charge < -0.3 is 5.11 Å². The Hall–Kier alpha value is -2.02. The first-order valence-corrected chi connectivity index (χ1v) is 8.21. The Labute approximate surface area is 129 Å². The summed E-state index contributed by atoms with van der Waals surface area (Å²) in [6.45, 7) is 1.06. The molecule has 22 heavy (non-hydrogen) atoms. The number of sulfonamides is 1. The third-order valence-corrected chi connectivity index (χ3v) is 4.74. The van der Waals surface area contributed by atoms with Crippen LogP contribution in [0.2, 0.25) is 0 Å². The molecule has 0 fully saturated rings. The molecule has 5 nitrogen and oxygen atoms in total. The number of nitrogens with one attached hydrogen (secondary N) is 1. The van der Waals surface area contributed by atoms with E-state index in [0.717, 1.165) is 0 Å². The molecule has 0 heterocycles. The second-order valence-electron chi connectivity index (χ2n) is 4.85. The topological polar surface area (TPSA) is 83.5 Å². The average molecular weight is 319 g/mol. The molecule has 0 spiro atoms. The van der Waals surface area contributed by atoms with Gasteiger partial charge in [0.05, 0.1) is 17.5 Å². The van der Waals surface area contributed by atoms with Crippen molar-refractivity contribution in [3.8, 4) is 0 Å². The Morgan fingerprint density at radius 3 is 2.18 bits per heavy atom. The number of hydrogen-bond acceptors (Lipinski definition) is 4. The smallest absolute Gasteiger partial charge is 0.241 e. The maximum atomic E-state index is 12.3. The van der Waals surface area contributed by atoms with Crippen LogP contribution in [0.5, 0.6) is 0 Å². The average Bonchev–Trinajstić information content (AvgIpc) is 2.53. The van der Waals surface area contributed by atoms with E-state index in [-0.39, 0.29) is 17.3 Å². The van der Waals surface area contributed by atoms with Crippen LogP contribution in [0.4, 0.5) is 0 Å². The minimum absolute atomic E-state index is 0.0480. The Kier molecular flexibility index (Phi) is 5.07. The fourth-order valence-corrected chi connectivity index (χ4v) is 3.24. The summed E-state index contributed by atoms with van der Waals surface area (Å²) in [6, 6.07) is 13.8. The van der Waals surface area contributed by atoms with Crippen LogP contribution in [-0.4, -0.2) is 25.9 Å². The molecule has 0 unspecified atom stereocenters. The van der Waals surface area contributed by atoms with Gasteiger partial charge in [-0.1, -0.05) is 42.5 Å². The summed E-state index contributed by atoms with van der Waals surface area (Å²) in [4.78, 5) is 11.3. The molecule has 0 aliphatic rings. The number of ketones is 1. The predicted octanol–water partition coefficient (Wildman–Crippen LogP) is 1.90. The van der Waals surface area contributed by atoms with Crippen LogP contribution in [0.25, 0.3) is 0 Å². The lowest BCUT2D eigenvalue weighted by atomic mass is 10.1. The second-order valence-corrected chi connectivity index (χ2v) is 6.56. The van der Waals surface area contributed by atoms with Gasteiger partial charge in [0.15, 0.2) is 5.78 Å². The van der Waals surface area contributed by atoms with Gasteiger partial charge in [0.2, 0.25) is 10.0 Å². The quantitative estimate of drug-likeness (QED) is 0.797. The van der Waals surface area contributed by atoms with Crippen LogP contribution >= 0.6 is 0 Å². The van der Waals surface area contributed by atoms with Gasteiger partial charge in [-0.2, -0.15) is 0 Å². The van der Waals surface area contributed by atoms with Crippen molar-refractivity contribution in [2.75, 3.05) is 6.61 Å². The molecule has 6 heteroatoms. The molecule has 2 aromatic rings. The lowest BCUT2D eigenvalue weighted by molar-refractivity contribution is 0.101. The van der Waals surface area contributed by atoms with Crippen molar-refractivity contribution < 1.29 is 18.3 Å². The fourth-order valence-electron chi connectivity index (χ4n) is 2.02. The molecular formula is C16H17NO4S. The predicted molar refractivity (Wildman–Crippen MR) is 83.0 cm³/mol. The molecule has 0 saturated heterocycles. The zero-order valence-electron chi connectivity index (χ0n) is 12.1. The highest BCUT2D eigenvalue weighted by molar-refractivity contribution is 7.89. The van der Waals surface area contributed by atoms with E-state index < -0.39 is 16.1 Å². The van der Waals surface area contributed by atoms with Crippen molar-refractivity contribution in [3.63, 3.8) is 0 Å². The van der Waals surface area contributed by atoms with Crippen LogP contribution in [-0.2, 0) is 10.0 Å². The van der Waals surface area contributed by atoms with Crippen molar-refractivity contribution in [2.45, 2.75) is 17.9 Å². The second kappa shape index (κ2) is 6.83. The van der Waals surface area contributed by atoms with E-state index in [1.807, 2.05) is 6.07 Å². The van der Waals surface area contributed by atoms with E-state index in [0.29, 0.717) is 11.1 Å². The fraction of sp³-hybridized carbons (Fsp3) is 0.188. The number of carbonyl (C=O) groups excluding carboxylic acids is 1. The molecule has 116 valence electrons. The van der Waals surface area contributed by atoms with Gasteiger partial charge in [-0.15, -0.1) is 0 Å². The van der Waals surface area contributed by atoms with Crippen LogP contribution in [0.3, 0.4) is 0 Å². The van der Waals surface area contributed by atoms with Crippen LogP contribution in [0.1, 0.15) is 28.9 Å². The Bertz CT molecular complexity index is 739. The van der Waals surface area contributed by atoms with Crippen LogP contribution in [0.15, 0.2) is 59.5 Å². The van der Waals surface area contributed by atoms with Crippen molar-refractivity contribution in [2.24, 2.45) is 0 Å². The van der Waals surface area contributed by atoms with E-state index in [9.17, 15) is 18.3 Å². The minimum Gasteiger partial charge on any atom is -0.394 e. The van der Waals surface area contributed by atoms with E-state index in [2.05, 4.69) is 4.72 Å². The lowest BCUT2D eigenvalue weighted by Crippen LogP contribution is -2.30. The molecule has 0 radical (unpaired) electrons. The Morgan fingerprint density at radius 1 is 1.09 bits per heavy atom. The molecule has 0 saturated carbocycles. The first kappa shape index (κ1) is 16.4. The van der Waals surface area contributed by atoms with Gasteiger partial charge >= 0.3 is 0 Å². The highest BCUT2D eigenvalue weighted by Gasteiger charge is 2.20. The first-order valence-electron chi connectivity index (χ1n) is 6.73. The molecule has 0 aromatic heterocycles. The summed E-state index contributed by atoms with van der Waals surface area (Å²) >= 11 is 0. The number of rotatable bonds is 6. The van der Waals surface area contributed by atoms with Crippen molar-refractivity contribution in [1.82, 2.24) is 4.72 Å². The van der Waals surface area contributed by atoms with Crippen molar-refractivity contribution in [1.29, 1.82) is 0 Å². The minimum atomic E-state index is -3.78. The molecule has 2 N–H and O–H groups in total. The maximum absolute atomic E-state index is 12.3. The van der Waals surface area contributed by atoms with Gasteiger partial charge in [-0.25, -0.2) is 13.1 Å². The van der Waals surface area contributed by atoms with Crippen LogP contribution < -0.4 is 4.72 Å². The normalized spacial score (nSPS) is 12.8. The van der Waals surface area contributed by atoms with Crippen molar-refractivity contribution >= 4 is 15.8 Å². The number of hydrogen-bond donors (Lipinski definition) is 2. The Balaban J connectivity index is 2.24. The molecule has 1 atom stereocenters.